The second-order valence-corrected chi connectivity index (χ2v) is 7.86. The monoisotopic (exact) mass is 361 g/mol. The lowest BCUT2D eigenvalue weighted by atomic mass is 9.95. The fourth-order valence-electron chi connectivity index (χ4n) is 3.48. The molecule has 0 unspecified atom stereocenters. The van der Waals surface area contributed by atoms with E-state index in [1.807, 2.05) is 28.0 Å². The van der Waals surface area contributed by atoms with Crippen molar-refractivity contribution in [2.45, 2.75) is 30.6 Å². The lowest BCUT2D eigenvalue weighted by Crippen LogP contribution is -2.47. The third-order valence-corrected chi connectivity index (χ3v) is 5.95. The van der Waals surface area contributed by atoms with E-state index in [0.29, 0.717) is 25.5 Å². The van der Waals surface area contributed by atoms with E-state index in [0.717, 1.165) is 44.5 Å². The molecule has 3 rings (SSSR count). The van der Waals surface area contributed by atoms with E-state index in [4.69, 9.17) is 0 Å². The Morgan fingerprint density at radius 3 is 2.36 bits per heavy atom. The van der Waals surface area contributed by atoms with Gasteiger partial charge in [-0.25, -0.2) is 4.79 Å². The van der Waals surface area contributed by atoms with Gasteiger partial charge in [-0.3, -0.25) is 4.79 Å². The summed E-state index contributed by atoms with van der Waals surface area (Å²) >= 11 is 1.74. The molecule has 0 spiro atoms. The first-order valence-electron chi connectivity index (χ1n) is 9.23. The zero-order valence-corrected chi connectivity index (χ0v) is 15.5. The van der Waals surface area contributed by atoms with Crippen LogP contribution >= 0.6 is 11.8 Å². The first-order valence-corrected chi connectivity index (χ1v) is 10.2. The molecular formula is C19H27N3O2S. The number of nitrogens with zero attached hydrogens (tertiary/aromatic N) is 2. The molecule has 1 aromatic rings. The van der Waals surface area contributed by atoms with Gasteiger partial charge in [0.05, 0.1) is 0 Å². The predicted molar refractivity (Wildman–Crippen MR) is 101 cm³/mol. The molecule has 1 aromatic carbocycles. The zero-order chi connectivity index (χ0) is 17.5. The Morgan fingerprint density at radius 1 is 1.00 bits per heavy atom. The van der Waals surface area contributed by atoms with Gasteiger partial charge < -0.3 is 15.1 Å². The topological polar surface area (TPSA) is 52.7 Å². The average molecular weight is 362 g/mol. The van der Waals surface area contributed by atoms with Crippen molar-refractivity contribution in [2.75, 3.05) is 38.5 Å². The summed E-state index contributed by atoms with van der Waals surface area (Å²) in [6.45, 7) is 3.85. The van der Waals surface area contributed by atoms with E-state index in [2.05, 4.69) is 17.4 Å². The number of hydrogen-bond donors (Lipinski definition) is 1. The molecule has 2 fully saturated rings. The van der Waals surface area contributed by atoms with Gasteiger partial charge in [0.25, 0.3) is 0 Å². The molecule has 5 nitrogen and oxygen atoms in total. The first kappa shape index (κ1) is 18.1. The van der Waals surface area contributed by atoms with Crippen LogP contribution in [0.15, 0.2) is 35.2 Å². The number of thioether (sulfide) groups is 1. The third kappa shape index (κ3) is 5.14. The minimum atomic E-state index is 0.000679. The second kappa shape index (κ2) is 9.13. The predicted octanol–water partition coefficient (Wildman–Crippen LogP) is 2.82. The molecule has 0 aliphatic carbocycles. The number of carbonyl (C=O) groups is 2. The number of hydrogen-bond acceptors (Lipinski definition) is 3. The molecule has 0 radical (unpaired) electrons. The molecule has 1 N–H and O–H groups in total. The quantitative estimate of drug-likeness (QED) is 0.648. The number of amides is 3. The van der Waals surface area contributed by atoms with Crippen LogP contribution in [0.3, 0.4) is 0 Å². The number of nitrogens with one attached hydrogen (secondary N) is 1. The van der Waals surface area contributed by atoms with Crippen LogP contribution in [-0.4, -0.2) is 60.2 Å². The first-order chi connectivity index (χ1) is 12.2. The van der Waals surface area contributed by atoms with Crippen molar-refractivity contribution in [3.8, 4) is 0 Å². The van der Waals surface area contributed by atoms with Gasteiger partial charge in [-0.05, 0) is 37.8 Å². The third-order valence-electron chi connectivity index (χ3n) is 4.94. The highest BCUT2D eigenvalue weighted by Crippen LogP contribution is 2.22. The molecule has 6 heteroatoms. The summed E-state index contributed by atoms with van der Waals surface area (Å²) in [6, 6.07) is 10.2. The van der Waals surface area contributed by atoms with Crippen LogP contribution in [0.5, 0.6) is 0 Å². The van der Waals surface area contributed by atoms with Crippen molar-refractivity contribution in [3.05, 3.63) is 30.3 Å². The Balaban J connectivity index is 1.33. The van der Waals surface area contributed by atoms with Crippen molar-refractivity contribution >= 4 is 23.7 Å². The minimum absolute atomic E-state index is 0.000679. The van der Waals surface area contributed by atoms with Crippen LogP contribution in [0.25, 0.3) is 0 Å². The maximum atomic E-state index is 12.4. The number of rotatable bonds is 5. The van der Waals surface area contributed by atoms with E-state index < -0.39 is 0 Å². The standard InChI is InChI=1S/C19H27N3O2S/c23-18(21-11-4-5-12-21)16-8-13-22(14-9-16)19(24)20-10-15-25-17-6-2-1-3-7-17/h1-3,6-7,16H,4-5,8-15H2,(H,20,24). The molecule has 2 aliphatic rings. The highest BCUT2D eigenvalue weighted by atomic mass is 32.2. The number of piperidine rings is 1. The second-order valence-electron chi connectivity index (χ2n) is 6.69. The van der Waals surface area contributed by atoms with E-state index >= 15 is 0 Å². The van der Waals surface area contributed by atoms with Gasteiger partial charge in [0, 0.05) is 49.3 Å². The fourth-order valence-corrected chi connectivity index (χ4v) is 4.27. The Morgan fingerprint density at radius 2 is 1.68 bits per heavy atom. The molecule has 2 aliphatic heterocycles. The normalized spacial score (nSPS) is 18.4. The minimum Gasteiger partial charge on any atom is -0.342 e. The highest BCUT2D eigenvalue weighted by molar-refractivity contribution is 7.99. The lowest BCUT2D eigenvalue weighted by molar-refractivity contribution is -0.135. The number of benzene rings is 1. The smallest absolute Gasteiger partial charge is 0.317 e. The van der Waals surface area contributed by atoms with Crippen molar-refractivity contribution in [3.63, 3.8) is 0 Å². The zero-order valence-electron chi connectivity index (χ0n) is 14.7. The van der Waals surface area contributed by atoms with E-state index in [9.17, 15) is 9.59 Å². The lowest BCUT2D eigenvalue weighted by Gasteiger charge is -2.33. The maximum absolute atomic E-state index is 12.4. The van der Waals surface area contributed by atoms with Crippen molar-refractivity contribution in [1.82, 2.24) is 15.1 Å². The number of likely N-dealkylation sites (tertiary alicyclic amines) is 2. The largest absolute Gasteiger partial charge is 0.342 e. The van der Waals surface area contributed by atoms with Crippen LogP contribution < -0.4 is 5.32 Å². The van der Waals surface area contributed by atoms with Crippen molar-refractivity contribution in [1.29, 1.82) is 0 Å². The SMILES string of the molecule is O=C(NCCSc1ccccc1)N1CCC(C(=O)N2CCCC2)CC1. The molecular weight excluding hydrogens is 334 g/mol. The molecule has 0 saturated carbocycles. The summed E-state index contributed by atoms with van der Waals surface area (Å²) in [7, 11) is 0. The van der Waals surface area contributed by atoms with Crippen molar-refractivity contribution < 1.29 is 9.59 Å². The summed E-state index contributed by atoms with van der Waals surface area (Å²) in [5.74, 6) is 1.27. The Kier molecular flexibility index (Phi) is 6.62. The van der Waals surface area contributed by atoms with Gasteiger partial charge >= 0.3 is 6.03 Å². The Labute approximate surface area is 154 Å². The molecule has 3 amide bonds. The summed E-state index contributed by atoms with van der Waals surface area (Å²) in [5.41, 5.74) is 0. The molecule has 2 heterocycles. The fraction of sp³-hybridized carbons (Fsp3) is 0.579. The van der Waals surface area contributed by atoms with E-state index in [1.54, 1.807) is 11.8 Å². The van der Waals surface area contributed by atoms with Crippen LogP contribution in [0, 0.1) is 5.92 Å². The van der Waals surface area contributed by atoms with Crippen LogP contribution in [0.2, 0.25) is 0 Å². The molecule has 0 aromatic heterocycles. The number of urea groups is 1. The highest BCUT2D eigenvalue weighted by Gasteiger charge is 2.31. The van der Waals surface area contributed by atoms with Gasteiger partial charge in [0.2, 0.25) is 5.91 Å². The van der Waals surface area contributed by atoms with Crippen LogP contribution in [0.1, 0.15) is 25.7 Å². The summed E-state index contributed by atoms with van der Waals surface area (Å²) < 4.78 is 0. The van der Waals surface area contributed by atoms with E-state index in [-0.39, 0.29) is 11.9 Å². The Hall–Kier alpha value is -1.69. The number of carbonyl (C=O) groups excluding carboxylic acids is 2. The van der Waals surface area contributed by atoms with Gasteiger partial charge in [0.1, 0.15) is 0 Å². The molecule has 0 bridgehead atoms. The summed E-state index contributed by atoms with van der Waals surface area (Å²) in [4.78, 5) is 29.7. The van der Waals surface area contributed by atoms with Gasteiger partial charge in [-0.2, -0.15) is 0 Å². The Bertz CT molecular complexity index is 567. The van der Waals surface area contributed by atoms with Gasteiger partial charge in [0.15, 0.2) is 0 Å². The summed E-state index contributed by atoms with van der Waals surface area (Å²) in [5, 5.41) is 2.99. The molecule has 0 atom stereocenters. The van der Waals surface area contributed by atoms with Crippen molar-refractivity contribution in [2.24, 2.45) is 5.92 Å². The van der Waals surface area contributed by atoms with Crippen LogP contribution in [-0.2, 0) is 4.79 Å². The van der Waals surface area contributed by atoms with Gasteiger partial charge in [-0.1, -0.05) is 18.2 Å². The van der Waals surface area contributed by atoms with Crippen LogP contribution in [0.4, 0.5) is 4.79 Å². The van der Waals surface area contributed by atoms with E-state index in [1.165, 1.54) is 4.90 Å². The summed E-state index contributed by atoms with van der Waals surface area (Å²) in [6.07, 6.45) is 3.85. The van der Waals surface area contributed by atoms with Gasteiger partial charge in [-0.15, -0.1) is 11.8 Å². The average Bonchev–Trinajstić information content (AvgIpc) is 3.20. The molecule has 25 heavy (non-hydrogen) atoms. The molecule has 2 saturated heterocycles. The maximum Gasteiger partial charge on any atom is 0.317 e. The molecule has 136 valence electrons.